The molecule has 3 heterocycles. The van der Waals surface area contributed by atoms with Crippen LogP contribution in [0.2, 0.25) is 0 Å². The van der Waals surface area contributed by atoms with Crippen molar-refractivity contribution in [2.24, 2.45) is 21.3 Å². The van der Waals surface area contributed by atoms with Gasteiger partial charge in [0.1, 0.15) is 4.90 Å². The van der Waals surface area contributed by atoms with Crippen molar-refractivity contribution in [3.63, 3.8) is 0 Å². The Morgan fingerprint density at radius 1 is 1.21 bits per heavy atom. The van der Waals surface area contributed by atoms with Crippen molar-refractivity contribution in [3.8, 4) is 5.88 Å². The number of amides is 2. The number of rotatable bonds is 4. The first-order valence-corrected chi connectivity index (χ1v) is 13.6. The fraction of sp³-hybridized carbons (Fsp3) is 0.609. The summed E-state index contributed by atoms with van der Waals surface area (Å²) in [5.41, 5.74) is 5.07. The number of aromatic nitrogens is 3. The fourth-order valence-electron chi connectivity index (χ4n) is 5.80. The molecule has 6 rings (SSSR count). The van der Waals surface area contributed by atoms with Gasteiger partial charge >= 0.3 is 6.03 Å². The average Bonchev–Trinajstić information content (AvgIpc) is 3.51. The van der Waals surface area contributed by atoms with E-state index < -0.39 is 15.9 Å². The molecule has 10 nitrogen and oxygen atoms in total. The molecule has 0 spiro atoms. The van der Waals surface area contributed by atoms with Crippen LogP contribution < -0.4 is 15.2 Å². The number of urea groups is 1. The lowest BCUT2D eigenvalue weighted by atomic mass is 9.73. The highest BCUT2D eigenvalue weighted by molar-refractivity contribution is 7.91. The van der Waals surface area contributed by atoms with Crippen LogP contribution >= 0.6 is 0 Å². The van der Waals surface area contributed by atoms with Gasteiger partial charge in [-0.15, -0.1) is 4.36 Å². The SMILES string of the molecule is COC1CC(C2COc3c(S(N)(=O)=NC(=O)Nc4c5c(nc6c4CCC6)CCC5)cnn3C2)C1. The van der Waals surface area contributed by atoms with Crippen molar-refractivity contribution >= 4 is 21.6 Å². The summed E-state index contributed by atoms with van der Waals surface area (Å²) < 4.78 is 30.2. The number of aryl methyl sites for hydroxylation is 2. The summed E-state index contributed by atoms with van der Waals surface area (Å²) in [6, 6.07) is -0.712. The Bertz CT molecular complexity index is 1240. The smallest absolute Gasteiger partial charge is 0.354 e. The van der Waals surface area contributed by atoms with Gasteiger partial charge in [-0.05, 0) is 68.4 Å². The molecule has 2 aromatic heterocycles. The molecule has 0 aromatic carbocycles. The first kappa shape index (κ1) is 22.0. The topological polar surface area (TPSA) is 134 Å². The van der Waals surface area contributed by atoms with Crippen molar-refractivity contribution in [2.45, 2.75) is 68.9 Å². The maximum atomic E-state index is 13.3. The van der Waals surface area contributed by atoms with Gasteiger partial charge in [-0.3, -0.25) is 4.98 Å². The molecule has 2 aromatic rings. The molecule has 11 heteroatoms. The molecular weight excluding hydrogens is 456 g/mol. The molecule has 0 radical (unpaired) electrons. The molecule has 2 atom stereocenters. The van der Waals surface area contributed by atoms with E-state index in [1.165, 1.54) is 6.20 Å². The molecule has 182 valence electrons. The number of fused-ring (bicyclic) bond motifs is 3. The van der Waals surface area contributed by atoms with Crippen LogP contribution in [-0.2, 0) is 46.9 Å². The molecule has 0 saturated heterocycles. The lowest BCUT2D eigenvalue weighted by Gasteiger charge is -2.40. The van der Waals surface area contributed by atoms with Crippen molar-refractivity contribution in [2.75, 3.05) is 19.0 Å². The van der Waals surface area contributed by atoms with E-state index in [2.05, 4.69) is 14.8 Å². The Morgan fingerprint density at radius 2 is 1.91 bits per heavy atom. The number of carbonyl (C=O) groups excluding carboxylic acids is 1. The number of ether oxygens (including phenoxy) is 2. The predicted octanol–water partition coefficient (Wildman–Crippen LogP) is 2.62. The number of nitrogens with one attached hydrogen (secondary N) is 1. The zero-order chi connectivity index (χ0) is 23.4. The lowest BCUT2D eigenvalue weighted by molar-refractivity contribution is -0.0392. The van der Waals surface area contributed by atoms with Crippen LogP contribution in [0.5, 0.6) is 5.88 Å². The number of hydrogen-bond donors (Lipinski definition) is 2. The van der Waals surface area contributed by atoms with Gasteiger partial charge in [-0.25, -0.2) is 18.8 Å². The number of methoxy groups -OCH3 is 1. The van der Waals surface area contributed by atoms with Crippen molar-refractivity contribution in [1.82, 2.24) is 14.8 Å². The molecule has 0 bridgehead atoms. The highest BCUT2D eigenvalue weighted by Gasteiger charge is 2.39. The van der Waals surface area contributed by atoms with Crippen LogP contribution in [0, 0.1) is 11.8 Å². The number of nitrogens with two attached hydrogens (primary N) is 1. The third-order valence-electron chi connectivity index (χ3n) is 7.75. The van der Waals surface area contributed by atoms with E-state index in [4.69, 9.17) is 19.6 Å². The van der Waals surface area contributed by atoms with Gasteiger partial charge in [-0.1, -0.05) is 0 Å². The van der Waals surface area contributed by atoms with Crippen LogP contribution in [0.15, 0.2) is 15.5 Å². The second-order valence-corrected chi connectivity index (χ2v) is 11.6. The summed E-state index contributed by atoms with van der Waals surface area (Å²) in [5, 5.41) is 13.3. The largest absolute Gasteiger partial charge is 0.477 e. The summed E-state index contributed by atoms with van der Waals surface area (Å²) in [5.74, 6) is 1.18. The molecule has 1 aliphatic heterocycles. The summed E-state index contributed by atoms with van der Waals surface area (Å²) in [6.07, 6.45) is 9.40. The maximum absolute atomic E-state index is 13.3. The lowest BCUT2D eigenvalue weighted by Crippen LogP contribution is -2.41. The molecular formula is C23H30N6O4S. The molecule has 4 aliphatic rings. The number of anilines is 1. The number of nitrogens with zero attached hydrogens (tertiary/aromatic N) is 4. The Morgan fingerprint density at radius 3 is 2.59 bits per heavy atom. The summed E-state index contributed by atoms with van der Waals surface area (Å²) in [7, 11) is -1.79. The van der Waals surface area contributed by atoms with Crippen molar-refractivity contribution in [3.05, 3.63) is 28.7 Å². The standard InChI is InChI=1S/C23H30N6O4S/c1-32-15-8-13(9-15)14-11-29-22(33-12-14)20(10-25-29)34(24,31)28-23(30)27-21-16-4-2-6-18(16)26-19-7-3-5-17(19)21/h10,13-15H,2-9,11-12H2,1H3,(H3,24,26,27,28,30,31). The van der Waals surface area contributed by atoms with Gasteiger partial charge in [0.05, 0.1) is 31.1 Å². The van der Waals surface area contributed by atoms with Gasteiger partial charge in [0.15, 0.2) is 9.92 Å². The minimum atomic E-state index is -3.53. The zero-order valence-corrected chi connectivity index (χ0v) is 20.1. The molecule has 1 fully saturated rings. The second kappa shape index (κ2) is 8.31. The second-order valence-electron chi connectivity index (χ2n) is 9.79. The highest BCUT2D eigenvalue weighted by Crippen LogP contribution is 2.40. The molecule has 2 amide bonds. The normalized spacial score (nSPS) is 26.5. The quantitative estimate of drug-likeness (QED) is 0.682. The third kappa shape index (κ3) is 3.70. The van der Waals surface area contributed by atoms with Gasteiger partial charge < -0.3 is 14.8 Å². The van der Waals surface area contributed by atoms with Crippen LogP contribution in [0.3, 0.4) is 0 Å². The third-order valence-corrected chi connectivity index (χ3v) is 9.10. The van der Waals surface area contributed by atoms with E-state index >= 15 is 0 Å². The minimum Gasteiger partial charge on any atom is -0.477 e. The fourth-order valence-corrected chi connectivity index (χ4v) is 6.80. The Labute approximate surface area is 198 Å². The van der Waals surface area contributed by atoms with E-state index in [-0.39, 0.29) is 4.90 Å². The summed E-state index contributed by atoms with van der Waals surface area (Å²) in [4.78, 5) is 17.9. The van der Waals surface area contributed by atoms with Crippen LogP contribution in [0.1, 0.15) is 48.2 Å². The van der Waals surface area contributed by atoms with E-state index in [0.29, 0.717) is 37.0 Å². The van der Waals surface area contributed by atoms with E-state index in [1.807, 2.05) is 0 Å². The molecule has 2 unspecified atom stereocenters. The number of carbonyl (C=O) groups is 1. The van der Waals surface area contributed by atoms with Crippen LogP contribution in [0.4, 0.5) is 10.5 Å². The van der Waals surface area contributed by atoms with Gasteiger partial charge in [0.25, 0.3) is 0 Å². The summed E-state index contributed by atoms with van der Waals surface area (Å²) in [6.45, 7) is 1.16. The molecule has 3 aliphatic carbocycles. The average molecular weight is 487 g/mol. The highest BCUT2D eigenvalue weighted by atomic mass is 32.2. The summed E-state index contributed by atoms with van der Waals surface area (Å²) >= 11 is 0. The number of pyridine rings is 1. The number of hydrogen-bond acceptors (Lipinski definition) is 6. The predicted molar refractivity (Wildman–Crippen MR) is 125 cm³/mol. The Kier molecular flexibility index (Phi) is 5.38. The zero-order valence-electron chi connectivity index (χ0n) is 19.3. The van der Waals surface area contributed by atoms with E-state index in [1.54, 1.807) is 11.8 Å². The first-order valence-electron chi connectivity index (χ1n) is 12.0. The van der Waals surface area contributed by atoms with Crippen LogP contribution in [-0.4, -0.2) is 44.8 Å². The molecule has 3 N–H and O–H groups in total. The Balaban J connectivity index is 1.23. The minimum absolute atomic E-state index is 0.162. The van der Waals surface area contributed by atoms with Crippen LogP contribution in [0.25, 0.3) is 0 Å². The van der Waals surface area contributed by atoms with Crippen molar-refractivity contribution in [1.29, 1.82) is 0 Å². The molecule has 1 saturated carbocycles. The van der Waals surface area contributed by atoms with E-state index in [0.717, 1.165) is 79.6 Å². The van der Waals surface area contributed by atoms with Crippen molar-refractivity contribution < 1.29 is 18.5 Å². The molecule has 34 heavy (non-hydrogen) atoms. The van der Waals surface area contributed by atoms with Gasteiger partial charge in [-0.2, -0.15) is 5.10 Å². The van der Waals surface area contributed by atoms with E-state index in [9.17, 15) is 9.00 Å². The monoisotopic (exact) mass is 486 g/mol. The first-order chi connectivity index (χ1) is 16.4. The van der Waals surface area contributed by atoms with Gasteiger partial charge in [0.2, 0.25) is 5.88 Å². The Hall–Kier alpha value is -2.50. The maximum Gasteiger partial charge on any atom is 0.354 e. The van der Waals surface area contributed by atoms with Gasteiger partial charge in [0, 0.05) is 24.4 Å².